The molecule has 7 nitrogen and oxygen atoms in total. The van der Waals surface area contributed by atoms with Crippen LogP contribution >= 0.6 is 11.6 Å². The van der Waals surface area contributed by atoms with E-state index in [1.165, 1.54) is 33.0 Å². The first-order valence-electron chi connectivity index (χ1n) is 6.00. The van der Waals surface area contributed by atoms with E-state index in [1.807, 2.05) is 0 Å². The van der Waals surface area contributed by atoms with Crippen molar-refractivity contribution in [2.24, 2.45) is 0 Å². The second-order valence-corrected chi connectivity index (χ2v) is 5.43. The summed E-state index contributed by atoms with van der Waals surface area (Å²) < 4.78 is 0. The summed E-state index contributed by atoms with van der Waals surface area (Å²) in [6, 6.07) is 3.79. The highest BCUT2D eigenvalue weighted by Crippen LogP contribution is 2.24. The van der Waals surface area contributed by atoms with Crippen LogP contribution in [0, 0.1) is 10.1 Å². The first-order valence-corrected chi connectivity index (χ1v) is 6.38. The summed E-state index contributed by atoms with van der Waals surface area (Å²) in [5.74, 6) is -1.58. The standard InChI is InChI=1S/C13H15ClN2O5/c1-13(2,12(18)19)15(3)11(17)6-8-4-5-9(16(20)21)7-10(8)14/h4-5,7H,6H2,1-3H3,(H,18,19). The van der Waals surface area contributed by atoms with Crippen molar-refractivity contribution in [2.75, 3.05) is 7.05 Å². The number of halogens is 1. The number of amides is 1. The molecule has 114 valence electrons. The predicted molar refractivity (Wildman–Crippen MR) is 76.3 cm³/mol. The highest BCUT2D eigenvalue weighted by atomic mass is 35.5. The lowest BCUT2D eigenvalue weighted by molar-refractivity contribution is -0.384. The lowest BCUT2D eigenvalue weighted by Gasteiger charge is -2.31. The molecule has 8 heteroatoms. The maximum absolute atomic E-state index is 12.1. The van der Waals surface area contributed by atoms with Gasteiger partial charge in [0.2, 0.25) is 5.91 Å². The maximum atomic E-state index is 12.1. The molecule has 0 fully saturated rings. The van der Waals surface area contributed by atoms with E-state index in [9.17, 15) is 19.7 Å². The molecule has 0 saturated carbocycles. The van der Waals surface area contributed by atoms with Crippen molar-refractivity contribution in [3.63, 3.8) is 0 Å². The molecule has 0 heterocycles. The molecule has 0 aliphatic rings. The van der Waals surface area contributed by atoms with E-state index in [4.69, 9.17) is 16.7 Å². The van der Waals surface area contributed by atoms with Crippen LogP contribution < -0.4 is 0 Å². The molecule has 0 aliphatic carbocycles. The van der Waals surface area contributed by atoms with Crippen LogP contribution in [0.5, 0.6) is 0 Å². The van der Waals surface area contributed by atoms with E-state index in [2.05, 4.69) is 0 Å². The van der Waals surface area contributed by atoms with E-state index < -0.39 is 22.3 Å². The molecule has 0 aliphatic heterocycles. The number of nitro benzene ring substituents is 1. The predicted octanol–water partition coefficient (Wildman–Crippen LogP) is 2.11. The van der Waals surface area contributed by atoms with Gasteiger partial charge in [-0.05, 0) is 19.4 Å². The molecule has 0 saturated heterocycles. The number of nitro groups is 1. The van der Waals surface area contributed by atoms with E-state index in [-0.39, 0.29) is 17.1 Å². The summed E-state index contributed by atoms with van der Waals surface area (Å²) in [5, 5.41) is 19.8. The molecule has 0 spiro atoms. The number of aliphatic carboxylic acids is 1. The SMILES string of the molecule is CN(C(=O)Cc1ccc([N+](=O)[O-])cc1Cl)C(C)(C)C(=O)O. The van der Waals surface area contributed by atoms with Gasteiger partial charge in [-0.1, -0.05) is 17.7 Å². The molecule has 0 unspecified atom stereocenters. The third-order valence-electron chi connectivity index (χ3n) is 3.33. The number of carbonyl (C=O) groups is 2. The number of hydrogen-bond donors (Lipinski definition) is 1. The molecule has 0 radical (unpaired) electrons. The number of likely N-dealkylation sites (N-methyl/N-ethyl adjacent to an activating group) is 1. The first kappa shape index (κ1) is 16.9. The first-order chi connectivity index (χ1) is 9.57. The normalized spacial score (nSPS) is 11.0. The minimum absolute atomic E-state index is 0.0964. The van der Waals surface area contributed by atoms with Gasteiger partial charge in [0.25, 0.3) is 5.69 Å². The van der Waals surface area contributed by atoms with Gasteiger partial charge in [0.15, 0.2) is 0 Å². The summed E-state index contributed by atoms with van der Waals surface area (Å²) in [7, 11) is 1.38. The summed E-state index contributed by atoms with van der Waals surface area (Å²) >= 11 is 5.91. The molecule has 0 atom stereocenters. The number of benzene rings is 1. The van der Waals surface area contributed by atoms with Crippen LogP contribution in [0.15, 0.2) is 18.2 Å². The fourth-order valence-electron chi connectivity index (χ4n) is 1.53. The Morgan fingerprint density at radius 2 is 2.00 bits per heavy atom. The molecule has 21 heavy (non-hydrogen) atoms. The van der Waals surface area contributed by atoms with E-state index in [1.54, 1.807) is 0 Å². The van der Waals surface area contributed by atoms with E-state index >= 15 is 0 Å². The lowest BCUT2D eigenvalue weighted by Crippen LogP contribution is -2.51. The van der Waals surface area contributed by atoms with Crippen molar-refractivity contribution in [1.29, 1.82) is 0 Å². The van der Waals surface area contributed by atoms with Gasteiger partial charge in [0.05, 0.1) is 16.4 Å². The second kappa shape index (κ2) is 6.09. The van der Waals surface area contributed by atoms with Crippen molar-refractivity contribution in [3.05, 3.63) is 38.9 Å². The van der Waals surface area contributed by atoms with Gasteiger partial charge in [0, 0.05) is 19.2 Å². The van der Waals surface area contributed by atoms with Gasteiger partial charge in [-0.3, -0.25) is 14.9 Å². The Morgan fingerprint density at radius 3 is 2.43 bits per heavy atom. The number of nitrogens with zero attached hydrogens (tertiary/aromatic N) is 2. The third kappa shape index (κ3) is 3.69. The minimum Gasteiger partial charge on any atom is -0.480 e. The van der Waals surface area contributed by atoms with Crippen molar-refractivity contribution < 1.29 is 19.6 Å². The molecule has 1 rings (SSSR count). The molecule has 0 aromatic heterocycles. The largest absolute Gasteiger partial charge is 0.480 e. The van der Waals surface area contributed by atoms with Gasteiger partial charge in [-0.2, -0.15) is 0 Å². The zero-order valence-electron chi connectivity index (χ0n) is 11.8. The van der Waals surface area contributed by atoms with Crippen molar-refractivity contribution in [2.45, 2.75) is 25.8 Å². The molecular formula is C13H15ClN2O5. The van der Waals surface area contributed by atoms with Gasteiger partial charge >= 0.3 is 5.97 Å². The molecule has 1 amide bonds. The number of carboxylic acids is 1. The monoisotopic (exact) mass is 314 g/mol. The summed E-state index contributed by atoms with van der Waals surface area (Å²) in [5.41, 5.74) is -1.12. The van der Waals surface area contributed by atoms with E-state index in [0.717, 1.165) is 11.0 Å². The third-order valence-corrected chi connectivity index (χ3v) is 3.68. The quantitative estimate of drug-likeness (QED) is 0.662. The second-order valence-electron chi connectivity index (χ2n) is 5.03. The average molecular weight is 315 g/mol. The van der Waals surface area contributed by atoms with Crippen LogP contribution in [0.2, 0.25) is 5.02 Å². The Bertz CT molecular complexity index is 600. The van der Waals surface area contributed by atoms with Gasteiger partial charge < -0.3 is 10.0 Å². The Kier molecular flexibility index (Phi) is 4.90. The van der Waals surface area contributed by atoms with Crippen LogP contribution in [0.4, 0.5) is 5.69 Å². The number of rotatable bonds is 5. The van der Waals surface area contributed by atoms with Crippen LogP contribution in [-0.2, 0) is 16.0 Å². The Labute approximate surface area is 126 Å². The highest BCUT2D eigenvalue weighted by molar-refractivity contribution is 6.31. The fraction of sp³-hybridized carbons (Fsp3) is 0.385. The summed E-state index contributed by atoms with van der Waals surface area (Å²) in [6.07, 6.45) is -0.135. The van der Waals surface area contributed by atoms with Crippen LogP contribution in [0.25, 0.3) is 0 Å². The van der Waals surface area contributed by atoms with Crippen LogP contribution in [0.1, 0.15) is 19.4 Å². The number of hydrogen-bond acceptors (Lipinski definition) is 4. The smallest absolute Gasteiger partial charge is 0.329 e. The maximum Gasteiger partial charge on any atom is 0.329 e. The molecule has 1 aromatic carbocycles. The minimum atomic E-state index is -1.36. The van der Waals surface area contributed by atoms with Gasteiger partial charge in [-0.15, -0.1) is 0 Å². The van der Waals surface area contributed by atoms with Gasteiger partial charge in [-0.25, -0.2) is 4.79 Å². The Morgan fingerprint density at radius 1 is 1.43 bits per heavy atom. The molecule has 1 N–H and O–H groups in total. The molecular weight excluding hydrogens is 300 g/mol. The van der Waals surface area contributed by atoms with Gasteiger partial charge in [0.1, 0.15) is 5.54 Å². The summed E-state index contributed by atoms with van der Waals surface area (Å²) in [6.45, 7) is 2.81. The molecule has 1 aromatic rings. The molecule has 0 bridgehead atoms. The number of carbonyl (C=O) groups excluding carboxylic acids is 1. The van der Waals surface area contributed by atoms with E-state index in [0.29, 0.717) is 5.56 Å². The zero-order valence-corrected chi connectivity index (χ0v) is 12.5. The number of non-ortho nitro benzene ring substituents is 1. The van der Waals surface area contributed by atoms with Crippen molar-refractivity contribution in [3.8, 4) is 0 Å². The topological polar surface area (TPSA) is 101 Å². The number of carboxylic acid groups (broad SMARTS) is 1. The van der Waals surface area contributed by atoms with Crippen molar-refractivity contribution >= 4 is 29.2 Å². The fourth-order valence-corrected chi connectivity index (χ4v) is 1.77. The van der Waals surface area contributed by atoms with Crippen molar-refractivity contribution in [1.82, 2.24) is 4.90 Å². The highest BCUT2D eigenvalue weighted by Gasteiger charge is 2.35. The summed E-state index contributed by atoms with van der Waals surface area (Å²) in [4.78, 5) is 34.3. The Balaban J connectivity index is 2.94. The average Bonchev–Trinajstić information content (AvgIpc) is 2.39. The Hall–Kier alpha value is -2.15. The lowest BCUT2D eigenvalue weighted by atomic mass is 10.0. The zero-order chi connectivity index (χ0) is 16.4. The van der Waals surface area contributed by atoms with Crippen LogP contribution in [0.3, 0.4) is 0 Å². The van der Waals surface area contributed by atoms with Crippen LogP contribution in [-0.4, -0.2) is 39.4 Å².